The summed E-state index contributed by atoms with van der Waals surface area (Å²) in [5, 5.41) is 11.1. The van der Waals surface area contributed by atoms with E-state index in [0.717, 1.165) is 36.0 Å². The van der Waals surface area contributed by atoms with Crippen LogP contribution in [0.2, 0.25) is 0 Å². The molecule has 0 bridgehead atoms. The fourth-order valence-electron chi connectivity index (χ4n) is 10.0. The number of rotatable bonds is 5. The molecule has 0 radical (unpaired) electrons. The highest BCUT2D eigenvalue weighted by Crippen LogP contribution is 2.69. The van der Waals surface area contributed by atoms with Crippen molar-refractivity contribution in [2.75, 3.05) is 0 Å². The lowest BCUT2D eigenvalue weighted by Gasteiger charge is -2.59. The molecule has 5 rings (SSSR count). The van der Waals surface area contributed by atoms with Gasteiger partial charge in [-0.05, 0) is 91.8 Å². The van der Waals surface area contributed by atoms with Crippen molar-refractivity contribution in [2.45, 2.75) is 124 Å². The zero-order valence-corrected chi connectivity index (χ0v) is 21.8. The molecule has 0 aromatic heterocycles. The summed E-state index contributed by atoms with van der Waals surface area (Å²) < 4.78 is 0. The number of allylic oxidation sites excluding steroid dienone is 3. The van der Waals surface area contributed by atoms with Gasteiger partial charge in [0.1, 0.15) is 0 Å². The van der Waals surface area contributed by atoms with Crippen LogP contribution in [0.5, 0.6) is 0 Å². The predicted molar refractivity (Wildman–Crippen MR) is 135 cm³/mol. The summed E-state index contributed by atoms with van der Waals surface area (Å²) in [6, 6.07) is 0. The van der Waals surface area contributed by atoms with E-state index in [-0.39, 0.29) is 11.5 Å². The molecule has 1 N–H and O–H groups in total. The molecule has 1 nitrogen and oxygen atoms in total. The lowest BCUT2D eigenvalue weighted by Crippen LogP contribution is -2.52. The number of fused-ring (bicyclic) bond motifs is 6. The van der Waals surface area contributed by atoms with Crippen molar-refractivity contribution in [3.8, 4) is 0 Å². The second-order valence-electron chi connectivity index (χ2n) is 13.7. The maximum atomic E-state index is 11.1. The van der Waals surface area contributed by atoms with Crippen LogP contribution in [0.4, 0.5) is 0 Å². The van der Waals surface area contributed by atoms with Crippen molar-refractivity contribution in [2.24, 2.45) is 45.8 Å². The highest BCUT2D eigenvalue weighted by molar-refractivity contribution is 5.43. The molecule has 5 aliphatic rings. The van der Waals surface area contributed by atoms with Gasteiger partial charge in [-0.25, -0.2) is 0 Å². The molecule has 0 aromatic rings. The molecule has 0 aliphatic heterocycles. The monoisotopic (exact) mass is 438 g/mol. The smallest absolute Gasteiger partial charge is 0.0634 e. The summed E-state index contributed by atoms with van der Waals surface area (Å²) in [6.45, 7) is 12.6. The second kappa shape index (κ2) is 8.28. The van der Waals surface area contributed by atoms with E-state index in [0.29, 0.717) is 10.8 Å². The van der Waals surface area contributed by atoms with Gasteiger partial charge in [-0.2, -0.15) is 0 Å². The SMILES string of the molecule is CC(C)CCC[C@@H](C)[C@H]1CC[C@H]2C3=CC=C4C5(CCCC5)C(O)CC[C@]4(C)[C@H]3CC[C@]12C. The molecule has 0 amide bonds. The van der Waals surface area contributed by atoms with Crippen LogP contribution < -0.4 is 0 Å². The van der Waals surface area contributed by atoms with Gasteiger partial charge in [0.15, 0.2) is 0 Å². The lowest BCUT2D eigenvalue weighted by molar-refractivity contribution is -0.0302. The van der Waals surface area contributed by atoms with Crippen LogP contribution in [0.15, 0.2) is 23.3 Å². The normalized spacial score (nSPS) is 43.5. The maximum Gasteiger partial charge on any atom is 0.0634 e. The zero-order chi connectivity index (χ0) is 22.7. The first-order valence-electron chi connectivity index (χ1n) is 14.3. The van der Waals surface area contributed by atoms with Crippen LogP contribution in [-0.4, -0.2) is 11.2 Å². The Morgan fingerprint density at radius 1 is 0.875 bits per heavy atom. The van der Waals surface area contributed by atoms with Crippen molar-refractivity contribution in [3.05, 3.63) is 23.3 Å². The van der Waals surface area contributed by atoms with E-state index >= 15 is 0 Å². The van der Waals surface area contributed by atoms with Gasteiger partial charge in [0, 0.05) is 5.41 Å². The summed E-state index contributed by atoms with van der Waals surface area (Å²) >= 11 is 0. The Morgan fingerprint density at radius 3 is 2.34 bits per heavy atom. The van der Waals surface area contributed by atoms with Crippen molar-refractivity contribution >= 4 is 0 Å². The first kappa shape index (κ1) is 23.2. The first-order valence-corrected chi connectivity index (χ1v) is 14.3. The van der Waals surface area contributed by atoms with E-state index in [4.69, 9.17) is 0 Å². The maximum absolute atomic E-state index is 11.1. The lowest BCUT2D eigenvalue weighted by atomic mass is 9.46. The minimum absolute atomic E-state index is 0.101. The Morgan fingerprint density at radius 2 is 1.62 bits per heavy atom. The fourth-order valence-corrected chi connectivity index (χ4v) is 10.0. The molecule has 0 heterocycles. The third-order valence-corrected chi connectivity index (χ3v) is 11.7. The third-order valence-electron chi connectivity index (χ3n) is 11.7. The predicted octanol–water partition coefficient (Wildman–Crippen LogP) is 8.48. The summed E-state index contributed by atoms with van der Waals surface area (Å²) in [4.78, 5) is 0. The van der Waals surface area contributed by atoms with Gasteiger partial charge in [0.2, 0.25) is 0 Å². The van der Waals surface area contributed by atoms with E-state index in [1.165, 1.54) is 77.0 Å². The summed E-state index contributed by atoms with van der Waals surface area (Å²) in [7, 11) is 0. The van der Waals surface area contributed by atoms with Crippen molar-refractivity contribution in [3.63, 3.8) is 0 Å². The number of hydrogen-bond acceptors (Lipinski definition) is 1. The van der Waals surface area contributed by atoms with E-state index in [1.54, 1.807) is 5.57 Å². The molecular weight excluding hydrogens is 388 g/mol. The molecule has 4 saturated carbocycles. The molecule has 1 heteroatoms. The Kier molecular flexibility index (Phi) is 6.00. The Labute approximate surface area is 198 Å². The van der Waals surface area contributed by atoms with Gasteiger partial charge in [0.25, 0.3) is 0 Å². The summed E-state index contributed by atoms with van der Waals surface area (Å²) in [6.07, 6.45) is 22.3. The molecule has 32 heavy (non-hydrogen) atoms. The number of aliphatic hydroxyl groups excluding tert-OH is 1. The van der Waals surface area contributed by atoms with E-state index in [1.807, 2.05) is 5.57 Å². The topological polar surface area (TPSA) is 20.2 Å². The van der Waals surface area contributed by atoms with Crippen LogP contribution >= 0.6 is 0 Å². The summed E-state index contributed by atoms with van der Waals surface area (Å²) in [5.41, 5.74) is 4.41. The summed E-state index contributed by atoms with van der Waals surface area (Å²) in [5.74, 6) is 4.17. The first-order chi connectivity index (χ1) is 15.2. The standard InChI is InChI=1S/C31H50O/c1-21(2)9-8-10-22(3)24-12-13-25-23-11-14-27-30(5,26(23)15-19-29(24,25)4)20-16-28(32)31(27)17-6-7-18-31/h11,14,21-22,24-26,28,32H,6-10,12-13,15-20H2,1-5H3/t22-,24-,25+,26+,28?,29-,30-/m1/s1. The molecule has 5 aliphatic carbocycles. The molecule has 1 spiro atoms. The average Bonchev–Trinajstić information content (AvgIpc) is 3.36. The van der Waals surface area contributed by atoms with Crippen molar-refractivity contribution < 1.29 is 5.11 Å². The molecule has 180 valence electrons. The molecule has 0 aromatic carbocycles. The minimum Gasteiger partial charge on any atom is -0.392 e. The Bertz CT molecular complexity index is 767. The number of hydrogen-bond donors (Lipinski definition) is 1. The molecular formula is C31H50O. The van der Waals surface area contributed by atoms with Gasteiger partial charge in [-0.15, -0.1) is 0 Å². The van der Waals surface area contributed by atoms with Gasteiger partial charge >= 0.3 is 0 Å². The average molecular weight is 439 g/mol. The molecule has 1 unspecified atom stereocenters. The van der Waals surface area contributed by atoms with E-state index in [2.05, 4.69) is 46.8 Å². The molecule has 4 fully saturated rings. The van der Waals surface area contributed by atoms with Crippen LogP contribution in [0, 0.1) is 45.8 Å². The van der Waals surface area contributed by atoms with Crippen LogP contribution in [0.25, 0.3) is 0 Å². The quantitative estimate of drug-likeness (QED) is 0.456. The Hall–Kier alpha value is -0.560. The highest BCUT2D eigenvalue weighted by Gasteiger charge is 2.61. The third kappa shape index (κ3) is 3.34. The van der Waals surface area contributed by atoms with E-state index < -0.39 is 0 Å². The van der Waals surface area contributed by atoms with Crippen molar-refractivity contribution in [1.82, 2.24) is 0 Å². The van der Waals surface area contributed by atoms with Crippen molar-refractivity contribution in [1.29, 1.82) is 0 Å². The van der Waals surface area contributed by atoms with Gasteiger partial charge in [-0.1, -0.05) is 90.0 Å². The molecule has 0 saturated heterocycles. The van der Waals surface area contributed by atoms with Crippen LogP contribution in [0.3, 0.4) is 0 Å². The van der Waals surface area contributed by atoms with Gasteiger partial charge in [-0.3, -0.25) is 0 Å². The van der Waals surface area contributed by atoms with Gasteiger partial charge < -0.3 is 5.11 Å². The zero-order valence-electron chi connectivity index (χ0n) is 21.8. The van der Waals surface area contributed by atoms with Crippen LogP contribution in [0.1, 0.15) is 118 Å². The van der Waals surface area contributed by atoms with Crippen LogP contribution in [-0.2, 0) is 0 Å². The molecule has 7 atom stereocenters. The second-order valence-corrected chi connectivity index (χ2v) is 13.7. The fraction of sp³-hybridized carbons (Fsp3) is 0.871. The number of aliphatic hydroxyl groups is 1. The Balaban J connectivity index is 1.41. The van der Waals surface area contributed by atoms with E-state index in [9.17, 15) is 5.11 Å². The van der Waals surface area contributed by atoms with Gasteiger partial charge in [0.05, 0.1) is 6.10 Å². The largest absolute Gasteiger partial charge is 0.392 e. The minimum atomic E-state index is -0.101. The highest BCUT2D eigenvalue weighted by atomic mass is 16.3.